The molecule has 0 fully saturated rings. The Kier molecular flexibility index (Phi) is 6.57. The molecule has 0 saturated carbocycles. The first-order valence-electron chi connectivity index (χ1n) is 10.4. The molecule has 0 unspecified atom stereocenters. The molecular weight excluding hydrogens is 424 g/mol. The number of nitrogens with zero attached hydrogens (tertiary/aromatic N) is 2. The van der Waals surface area contributed by atoms with E-state index < -0.39 is 5.97 Å². The molecule has 0 bridgehead atoms. The lowest BCUT2D eigenvalue weighted by Gasteiger charge is -2.17. The van der Waals surface area contributed by atoms with Crippen molar-refractivity contribution in [1.29, 1.82) is 0 Å². The summed E-state index contributed by atoms with van der Waals surface area (Å²) in [4.78, 5) is 16.7. The lowest BCUT2D eigenvalue weighted by Crippen LogP contribution is -2.08. The number of hydrogen-bond donors (Lipinski definition) is 0. The van der Waals surface area contributed by atoms with E-state index in [-0.39, 0.29) is 5.69 Å². The van der Waals surface area contributed by atoms with Crippen LogP contribution in [-0.4, -0.2) is 22.1 Å². The minimum atomic E-state index is -0.446. The standard InChI is InChI=1S/C26H23ClN2O3/c1-3-31-26(30)22-11-7-10-21(28-22)23-14-12-18(2)29(23)24-16-20(27)13-15-25(24)32-17-19-8-5-4-6-9-19/h4-16H,3,17H2,1-2H3. The molecular formula is C26H23ClN2O3. The first-order valence-corrected chi connectivity index (χ1v) is 10.7. The van der Waals surface area contributed by atoms with Crippen LogP contribution in [0.1, 0.15) is 28.7 Å². The number of ether oxygens (including phenoxy) is 2. The fourth-order valence-corrected chi connectivity index (χ4v) is 3.64. The topological polar surface area (TPSA) is 53.4 Å². The number of benzene rings is 2. The zero-order valence-electron chi connectivity index (χ0n) is 17.9. The number of carbonyl (C=O) groups excluding carboxylic acids is 1. The van der Waals surface area contributed by atoms with Crippen LogP contribution >= 0.6 is 11.6 Å². The third-order valence-corrected chi connectivity index (χ3v) is 5.21. The number of aryl methyl sites for hydroxylation is 1. The molecule has 0 amide bonds. The van der Waals surface area contributed by atoms with E-state index in [0.717, 1.165) is 22.6 Å². The normalized spacial score (nSPS) is 10.7. The van der Waals surface area contributed by atoms with Crippen LogP contribution in [0.2, 0.25) is 5.02 Å². The molecule has 0 N–H and O–H groups in total. The van der Waals surface area contributed by atoms with Crippen molar-refractivity contribution in [2.75, 3.05) is 6.61 Å². The van der Waals surface area contributed by atoms with Crippen molar-refractivity contribution in [3.05, 3.63) is 101 Å². The number of hydrogen-bond acceptors (Lipinski definition) is 4. The highest BCUT2D eigenvalue weighted by atomic mass is 35.5. The van der Waals surface area contributed by atoms with Crippen LogP contribution in [0.5, 0.6) is 5.75 Å². The van der Waals surface area contributed by atoms with Crippen molar-refractivity contribution < 1.29 is 14.3 Å². The molecule has 4 aromatic rings. The molecule has 0 radical (unpaired) electrons. The van der Waals surface area contributed by atoms with Crippen LogP contribution in [0.4, 0.5) is 0 Å². The van der Waals surface area contributed by atoms with Crippen LogP contribution in [0.15, 0.2) is 78.9 Å². The van der Waals surface area contributed by atoms with Gasteiger partial charge in [-0.3, -0.25) is 0 Å². The fourth-order valence-electron chi connectivity index (χ4n) is 3.48. The molecule has 0 saturated heterocycles. The van der Waals surface area contributed by atoms with Crippen molar-refractivity contribution in [2.45, 2.75) is 20.5 Å². The number of rotatable bonds is 7. The van der Waals surface area contributed by atoms with Gasteiger partial charge in [0.2, 0.25) is 0 Å². The quantitative estimate of drug-likeness (QED) is 0.314. The molecule has 0 spiro atoms. The van der Waals surface area contributed by atoms with Crippen molar-refractivity contribution in [3.8, 4) is 22.8 Å². The Labute approximate surface area is 192 Å². The molecule has 0 aliphatic carbocycles. The lowest BCUT2D eigenvalue weighted by atomic mass is 10.2. The minimum Gasteiger partial charge on any atom is -0.487 e. The summed E-state index contributed by atoms with van der Waals surface area (Å²) in [7, 11) is 0. The Balaban J connectivity index is 1.74. The van der Waals surface area contributed by atoms with Gasteiger partial charge in [-0.25, -0.2) is 9.78 Å². The second-order valence-corrected chi connectivity index (χ2v) is 7.65. The number of carbonyl (C=O) groups is 1. The molecule has 0 atom stereocenters. The van der Waals surface area contributed by atoms with E-state index in [0.29, 0.717) is 29.7 Å². The first kappa shape index (κ1) is 21.7. The van der Waals surface area contributed by atoms with Gasteiger partial charge in [0.15, 0.2) is 0 Å². The Hall–Kier alpha value is -3.57. The largest absolute Gasteiger partial charge is 0.487 e. The summed E-state index contributed by atoms with van der Waals surface area (Å²) in [6.07, 6.45) is 0. The SMILES string of the molecule is CCOC(=O)c1cccc(-c2ccc(C)n2-c2cc(Cl)ccc2OCc2ccccc2)n1. The molecule has 2 aromatic heterocycles. The summed E-state index contributed by atoms with van der Waals surface area (Å²) in [6.45, 7) is 4.50. The summed E-state index contributed by atoms with van der Waals surface area (Å²) in [5.41, 5.74) is 4.59. The van der Waals surface area contributed by atoms with E-state index in [1.165, 1.54) is 0 Å². The van der Waals surface area contributed by atoms with Gasteiger partial charge in [0.05, 0.1) is 23.7 Å². The van der Waals surface area contributed by atoms with Gasteiger partial charge in [0.25, 0.3) is 0 Å². The molecule has 4 rings (SSSR count). The molecule has 32 heavy (non-hydrogen) atoms. The van der Waals surface area contributed by atoms with Gasteiger partial charge in [-0.1, -0.05) is 48.0 Å². The third kappa shape index (κ3) is 4.68. The second kappa shape index (κ2) is 9.71. The summed E-state index contributed by atoms with van der Waals surface area (Å²) in [5, 5.41) is 0.597. The predicted molar refractivity (Wildman–Crippen MR) is 125 cm³/mol. The van der Waals surface area contributed by atoms with Crippen LogP contribution in [0.3, 0.4) is 0 Å². The van der Waals surface area contributed by atoms with E-state index in [2.05, 4.69) is 4.98 Å². The van der Waals surface area contributed by atoms with Gasteiger partial charge in [0, 0.05) is 10.7 Å². The highest BCUT2D eigenvalue weighted by Gasteiger charge is 2.17. The number of esters is 1. The average molecular weight is 447 g/mol. The van der Waals surface area contributed by atoms with Crippen LogP contribution < -0.4 is 4.74 Å². The summed E-state index contributed by atoms with van der Waals surface area (Å²) < 4.78 is 13.3. The molecule has 0 aliphatic rings. The van der Waals surface area contributed by atoms with Gasteiger partial charge in [-0.05, 0) is 61.9 Å². The maximum atomic E-state index is 12.2. The lowest BCUT2D eigenvalue weighted by molar-refractivity contribution is 0.0519. The van der Waals surface area contributed by atoms with E-state index in [1.807, 2.05) is 78.2 Å². The Morgan fingerprint density at radius 1 is 1.00 bits per heavy atom. The van der Waals surface area contributed by atoms with Gasteiger partial charge in [-0.2, -0.15) is 0 Å². The van der Waals surface area contributed by atoms with Crippen LogP contribution in [0, 0.1) is 6.92 Å². The molecule has 6 heteroatoms. The van der Waals surface area contributed by atoms with Crippen molar-refractivity contribution >= 4 is 17.6 Å². The van der Waals surface area contributed by atoms with E-state index in [4.69, 9.17) is 21.1 Å². The second-order valence-electron chi connectivity index (χ2n) is 7.21. The summed E-state index contributed by atoms with van der Waals surface area (Å²) in [5.74, 6) is 0.249. The minimum absolute atomic E-state index is 0.265. The maximum absolute atomic E-state index is 12.2. The predicted octanol–water partition coefficient (Wildman–Crippen LogP) is 6.26. The van der Waals surface area contributed by atoms with Crippen molar-refractivity contribution in [3.63, 3.8) is 0 Å². The van der Waals surface area contributed by atoms with Crippen LogP contribution in [-0.2, 0) is 11.3 Å². The van der Waals surface area contributed by atoms with E-state index in [1.54, 1.807) is 19.1 Å². The smallest absolute Gasteiger partial charge is 0.356 e. The fraction of sp³-hybridized carbons (Fsp3) is 0.154. The van der Waals surface area contributed by atoms with Crippen molar-refractivity contribution in [1.82, 2.24) is 9.55 Å². The Morgan fingerprint density at radius 3 is 2.59 bits per heavy atom. The molecule has 162 valence electrons. The molecule has 2 aromatic carbocycles. The van der Waals surface area contributed by atoms with Crippen molar-refractivity contribution in [2.24, 2.45) is 0 Å². The molecule has 5 nitrogen and oxygen atoms in total. The monoisotopic (exact) mass is 446 g/mol. The van der Waals surface area contributed by atoms with Gasteiger partial charge < -0.3 is 14.0 Å². The van der Waals surface area contributed by atoms with Gasteiger partial charge in [0.1, 0.15) is 18.1 Å². The third-order valence-electron chi connectivity index (χ3n) is 4.97. The average Bonchev–Trinajstić information content (AvgIpc) is 3.20. The molecule has 0 aliphatic heterocycles. The van der Waals surface area contributed by atoms with E-state index in [9.17, 15) is 4.79 Å². The zero-order chi connectivity index (χ0) is 22.5. The molecule has 2 heterocycles. The summed E-state index contributed by atoms with van der Waals surface area (Å²) >= 11 is 6.36. The number of pyridine rings is 1. The van der Waals surface area contributed by atoms with E-state index >= 15 is 0 Å². The zero-order valence-corrected chi connectivity index (χ0v) is 18.7. The van der Waals surface area contributed by atoms with Gasteiger partial charge >= 0.3 is 5.97 Å². The number of halogens is 1. The number of aromatic nitrogens is 2. The van der Waals surface area contributed by atoms with Gasteiger partial charge in [-0.15, -0.1) is 0 Å². The Morgan fingerprint density at radius 2 is 1.81 bits per heavy atom. The highest BCUT2D eigenvalue weighted by molar-refractivity contribution is 6.30. The highest BCUT2D eigenvalue weighted by Crippen LogP contribution is 2.33. The summed E-state index contributed by atoms with van der Waals surface area (Å²) in [6, 6.07) is 24.8. The Bertz CT molecular complexity index is 1240. The van der Waals surface area contributed by atoms with Crippen LogP contribution in [0.25, 0.3) is 17.1 Å². The first-order chi connectivity index (χ1) is 15.6. The maximum Gasteiger partial charge on any atom is 0.356 e.